The Kier molecular flexibility index (Phi) is 3.16. The Morgan fingerprint density at radius 3 is 2.60 bits per heavy atom. The highest BCUT2D eigenvalue weighted by Crippen LogP contribution is 2.31. The van der Waals surface area contributed by atoms with Crippen molar-refractivity contribution in [1.82, 2.24) is 0 Å². The molecule has 0 saturated carbocycles. The first-order chi connectivity index (χ1) is 9.54. The van der Waals surface area contributed by atoms with E-state index in [0.29, 0.717) is 38.0 Å². The van der Waals surface area contributed by atoms with Gasteiger partial charge in [-0.3, -0.25) is 4.79 Å². The standard InChI is InChI=1S/C15H9Cl2NO2/c16-8-1-4-14-11(5-8)13(19)7-15(20-14)10-6-9(18)2-3-12(10)17/h1-7H,18H2. The Hall–Kier alpha value is -1.97. The van der Waals surface area contributed by atoms with E-state index in [0.717, 1.165) is 0 Å². The third kappa shape index (κ3) is 2.26. The Bertz CT molecular complexity index is 871. The normalized spacial score (nSPS) is 10.9. The van der Waals surface area contributed by atoms with Crippen LogP contribution in [0.15, 0.2) is 51.7 Å². The van der Waals surface area contributed by atoms with Crippen LogP contribution in [0, 0.1) is 0 Å². The summed E-state index contributed by atoms with van der Waals surface area (Å²) in [6.07, 6.45) is 0. The van der Waals surface area contributed by atoms with Crippen molar-refractivity contribution in [2.24, 2.45) is 0 Å². The van der Waals surface area contributed by atoms with E-state index in [-0.39, 0.29) is 5.43 Å². The molecular formula is C15H9Cl2NO2. The molecule has 3 aromatic rings. The Balaban J connectivity index is 2.30. The number of nitrogen functional groups attached to an aromatic ring is 1. The summed E-state index contributed by atoms with van der Waals surface area (Å²) in [5.74, 6) is 0.377. The lowest BCUT2D eigenvalue weighted by molar-refractivity contribution is 0.619. The molecule has 100 valence electrons. The Morgan fingerprint density at radius 2 is 1.80 bits per heavy atom. The van der Waals surface area contributed by atoms with Gasteiger partial charge >= 0.3 is 0 Å². The second-order valence-electron chi connectivity index (χ2n) is 4.35. The fourth-order valence-electron chi connectivity index (χ4n) is 1.99. The van der Waals surface area contributed by atoms with Crippen LogP contribution < -0.4 is 11.2 Å². The van der Waals surface area contributed by atoms with Crippen LogP contribution in [0.2, 0.25) is 10.0 Å². The van der Waals surface area contributed by atoms with Gasteiger partial charge in [0.1, 0.15) is 11.3 Å². The second kappa shape index (κ2) is 4.85. The molecular weight excluding hydrogens is 297 g/mol. The highest BCUT2D eigenvalue weighted by molar-refractivity contribution is 6.33. The first-order valence-electron chi connectivity index (χ1n) is 5.83. The quantitative estimate of drug-likeness (QED) is 0.680. The average molecular weight is 306 g/mol. The number of hydrogen-bond donors (Lipinski definition) is 1. The lowest BCUT2D eigenvalue weighted by Crippen LogP contribution is -2.00. The minimum atomic E-state index is -0.178. The SMILES string of the molecule is Nc1ccc(Cl)c(-c2cc(=O)c3cc(Cl)ccc3o2)c1. The van der Waals surface area contributed by atoms with Crippen LogP contribution >= 0.6 is 23.2 Å². The molecule has 0 bridgehead atoms. The highest BCUT2D eigenvalue weighted by atomic mass is 35.5. The molecule has 5 heteroatoms. The van der Waals surface area contributed by atoms with Gasteiger partial charge in [-0.25, -0.2) is 0 Å². The molecule has 2 aromatic carbocycles. The van der Waals surface area contributed by atoms with E-state index in [9.17, 15) is 4.79 Å². The van der Waals surface area contributed by atoms with Crippen molar-refractivity contribution < 1.29 is 4.42 Å². The number of rotatable bonds is 1. The molecule has 0 aliphatic heterocycles. The van der Waals surface area contributed by atoms with Crippen molar-refractivity contribution >= 4 is 39.9 Å². The van der Waals surface area contributed by atoms with Crippen LogP contribution in [-0.2, 0) is 0 Å². The molecule has 1 heterocycles. The van der Waals surface area contributed by atoms with Crippen LogP contribution in [0.25, 0.3) is 22.3 Å². The summed E-state index contributed by atoms with van der Waals surface area (Å²) in [6.45, 7) is 0. The highest BCUT2D eigenvalue weighted by Gasteiger charge is 2.10. The lowest BCUT2D eigenvalue weighted by Gasteiger charge is -2.06. The van der Waals surface area contributed by atoms with Crippen molar-refractivity contribution in [3.05, 3.63) is 62.7 Å². The monoisotopic (exact) mass is 305 g/mol. The summed E-state index contributed by atoms with van der Waals surface area (Å²) in [7, 11) is 0. The molecule has 0 atom stereocenters. The van der Waals surface area contributed by atoms with E-state index in [1.54, 1.807) is 36.4 Å². The molecule has 0 aliphatic carbocycles. The minimum Gasteiger partial charge on any atom is -0.456 e. The number of halogens is 2. The van der Waals surface area contributed by atoms with Gasteiger partial charge in [-0.15, -0.1) is 0 Å². The predicted octanol–water partition coefficient (Wildman–Crippen LogP) is 4.35. The van der Waals surface area contributed by atoms with Crippen LogP contribution in [0.3, 0.4) is 0 Å². The lowest BCUT2D eigenvalue weighted by atomic mass is 10.1. The summed E-state index contributed by atoms with van der Waals surface area (Å²) in [6, 6.07) is 11.3. The third-order valence-corrected chi connectivity index (χ3v) is 3.51. The molecule has 0 amide bonds. The number of hydrogen-bond acceptors (Lipinski definition) is 3. The topological polar surface area (TPSA) is 56.2 Å². The number of fused-ring (bicyclic) bond motifs is 1. The summed E-state index contributed by atoms with van der Waals surface area (Å²) < 4.78 is 5.72. The zero-order chi connectivity index (χ0) is 14.3. The maximum Gasteiger partial charge on any atom is 0.193 e. The zero-order valence-electron chi connectivity index (χ0n) is 10.2. The van der Waals surface area contributed by atoms with Gasteiger partial charge in [-0.2, -0.15) is 0 Å². The van der Waals surface area contributed by atoms with E-state index in [4.69, 9.17) is 33.4 Å². The first-order valence-corrected chi connectivity index (χ1v) is 6.59. The van der Waals surface area contributed by atoms with E-state index >= 15 is 0 Å². The molecule has 0 radical (unpaired) electrons. The summed E-state index contributed by atoms with van der Waals surface area (Å²) in [4.78, 5) is 12.1. The van der Waals surface area contributed by atoms with Crippen molar-refractivity contribution in [1.29, 1.82) is 0 Å². The zero-order valence-corrected chi connectivity index (χ0v) is 11.7. The van der Waals surface area contributed by atoms with Crippen LogP contribution in [-0.4, -0.2) is 0 Å². The first kappa shape index (κ1) is 13.0. The second-order valence-corrected chi connectivity index (χ2v) is 5.20. The fourth-order valence-corrected chi connectivity index (χ4v) is 2.38. The van der Waals surface area contributed by atoms with Crippen LogP contribution in [0.5, 0.6) is 0 Å². The minimum absolute atomic E-state index is 0.178. The molecule has 2 N–H and O–H groups in total. The van der Waals surface area contributed by atoms with E-state index in [2.05, 4.69) is 0 Å². The molecule has 3 rings (SSSR count). The third-order valence-electron chi connectivity index (χ3n) is 2.95. The van der Waals surface area contributed by atoms with Crippen molar-refractivity contribution in [2.75, 3.05) is 5.73 Å². The fraction of sp³-hybridized carbons (Fsp3) is 0. The maximum absolute atomic E-state index is 12.1. The molecule has 0 spiro atoms. The molecule has 0 saturated heterocycles. The maximum atomic E-state index is 12.1. The molecule has 3 nitrogen and oxygen atoms in total. The average Bonchev–Trinajstić information content (AvgIpc) is 2.42. The van der Waals surface area contributed by atoms with Crippen molar-refractivity contribution in [3.63, 3.8) is 0 Å². The van der Waals surface area contributed by atoms with E-state index < -0.39 is 0 Å². The summed E-state index contributed by atoms with van der Waals surface area (Å²) in [5, 5.41) is 1.39. The van der Waals surface area contributed by atoms with Gasteiger partial charge in [0.25, 0.3) is 0 Å². The van der Waals surface area contributed by atoms with Crippen molar-refractivity contribution in [2.45, 2.75) is 0 Å². The molecule has 1 aromatic heterocycles. The van der Waals surface area contributed by atoms with E-state index in [1.165, 1.54) is 6.07 Å². The van der Waals surface area contributed by atoms with Gasteiger partial charge in [-0.1, -0.05) is 23.2 Å². The van der Waals surface area contributed by atoms with Gasteiger partial charge in [-0.05, 0) is 36.4 Å². The number of benzene rings is 2. The van der Waals surface area contributed by atoms with E-state index in [1.807, 2.05) is 0 Å². The predicted molar refractivity (Wildman–Crippen MR) is 82.4 cm³/mol. The van der Waals surface area contributed by atoms with Gasteiger partial charge in [0.15, 0.2) is 5.43 Å². The van der Waals surface area contributed by atoms with Gasteiger partial charge in [0.2, 0.25) is 0 Å². The van der Waals surface area contributed by atoms with Gasteiger partial charge < -0.3 is 10.2 Å². The Labute approximate surface area is 124 Å². The van der Waals surface area contributed by atoms with Crippen LogP contribution in [0.1, 0.15) is 0 Å². The molecule has 0 fully saturated rings. The number of nitrogens with two attached hydrogens (primary N) is 1. The van der Waals surface area contributed by atoms with Crippen LogP contribution in [0.4, 0.5) is 5.69 Å². The largest absolute Gasteiger partial charge is 0.456 e. The van der Waals surface area contributed by atoms with Gasteiger partial charge in [0, 0.05) is 22.3 Å². The number of anilines is 1. The van der Waals surface area contributed by atoms with Crippen molar-refractivity contribution in [3.8, 4) is 11.3 Å². The summed E-state index contributed by atoms with van der Waals surface area (Å²) >= 11 is 12.0. The molecule has 20 heavy (non-hydrogen) atoms. The Morgan fingerprint density at radius 1 is 1.00 bits per heavy atom. The van der Waals surface area contributed by atoms with Gasteiger partial charge in [0.05, 0.1) is 10.4 Å². The summed E-state index contributed by atoms with van der Waals surface area (Å²) in [5.41, 5.74) is 7.14. The molecule has 0 aliphatic rings. The molecule has 0 unspecified atom stereocenters. The smallest absolute Gasteiger partial charge is 0.193 e.